The summed E-state index contributed by atoms with van der Waals surface area (Å²) in [6.07, 6.45) is 13.8. The Bertz CT molecular complexity index is 576. The summed E-state index contributed by atoms with van der Waals surface area (Å²) in [7, 11) is 0. The second kappa shape index (κ2) is 6.86. The van der Waals surface area contributed by atoms with Crippen molar-refractivity contribution in [3.63, 3.8) is 0 Å². The lowest BCUT2D eigenvalue weighted by Gasteiger charge is -2.32. The Morgan fingerprint density at radius 3 is 2.61 bits per heavy atom. The zero-order valence-electron chi connectivity index (χ0n) is 14.3. The first-order chi connectivity index (χ1) is 11.0. The third-order valence-corrected chi connectivity index (χ3v) is 5.56. The Balaban J connectivity index is 1.71. The second-order valence-corrected chi connectivity index (χ2v) is 7.40. The number of aliphatic hydroxyl groups excluding tert-OH is 2. The molecule has 1 saturated carbocycles. The highest BCUT2D eigenvalue weighted by molar-refractivity contribution is 5.34. The fourth-order valence-electron chi connectivity index (χ4n) is 4.28. The van der Waals surface area contributed by atoms with Crippen LogP contribution in [0.1, 0.15) is 58.8 Å². The van der Waals surface area contributed by atoms with Crippen molar-refractivity contribution in [2.75, 3.05) is 0 Å². The average Bonchev–Trinajstić information content (AvgIpc) is 2.53. The molecule has 0 spiro atoms. The molecule has 3 N–H and O–H groups in total. The van der Waals surface area contributed by atoms with Gasteiger partial charge in [-0.3, -0.25) is 0 Å². The van der Waals surface area contributed by atoms with Gasteiger partial charge in [0.1, 0.15) is 5.76 Å². The fraction of sp³-hybridized carbons (Fsp3) is 0.600. The van der Waals surface area contributed by atoms with E-state index in [1.807, 2.05) is 12.2 Å². The lowest BCUT2D eigenvalue weighted by Crippen LogP contribution is -2.35. The minimum atomic E-state index is 0.240. The van der Waals surface area contributed by atoms with Crippen molar-refractivity contribution >= 4 is 0 Å². The molecule has 0 aromatic heterocycles. The molecule has 0 saturated heterocycles. The molecule has 1 heterocycles. The van der Waals surface area contributed by atoms with Gasteiger partial charge in [0.2, 0.25) is 0 Å². The number of allylic oxidation sites excluding steroid dienone is 5. The van der Waals surface area contributed by atoms with Crippen molar-refractivity contribution in [2.45, 2.75) is 64.8 Å². The normalized spacial score (nSPS) is 29.6. The van der Waals surface area contributed by atoms with Crippen LogP contribution in [0, 0.1) is 11.8 Å². The molecule has 1 fully saturated rings. The summed E-state index contributed by atoms with van der Waals surface area (Å²) in [5.74, 6) is 1.78. The van der Waals surface area contributed by atoms with Gasteiger partial charge in [-0.15, -0.1) is 0 Å². The Labute approximate surface area is 139 Å². The summed E-state index contributed by atoms with van der Waals surface area (Å²) in [5, 5.41) is 23.6. The van der Waals surface area contributed by atoms with Crippen molar-refractivity contribution in [3.05, 3.63) is 46.6 Å². The predicted molar refractivity (Wildman–Crippen MR) is 94.1 cm³/mol. The highest BCUT2D eigenvalue weighted by atomic mass is 16.3. The Morgan fingerprint density at radius 1 is 1.17 bits per heavy atom. The van der Waals surface area contributed by atoms with Gasteiger partial charge in [-0.05, 0) is 49.8 Å². The smallest absolute Gasteiger partial charge is 0.134 e. The van der Waals surface area contributed by atoms with Gasteiger partial charge < -0.3 is 15.5 Å². The number of dihydropyridines is 1. The maximum atomic E-state index is 10.3. The van der Waals surface area contributed by atoms with Crippen LogP contribution in [0.15, 0.2) is 46.6 Å². The Hall–Kier alpha value is -1.64. The average molecular weight is 315 g/mol. The van der Waals surface area contributed by atoms with Gasteiger partial charge in [-0.2, -0.15) is 0 Å². The van der Waals surface area contributed by atoms with Crippen molar-refractivity contribution in [3.8, 4) is 0 Å². The van der Waals surface area contributed by atoms with Gasteiger partial charge in [0.05, 0.1) is 11.5 Å². The first-order valence-corrected chi connectivity index (χ1v) is 9.01. The first kappa shape index (κ1) is 16.2. The molecule has 23 heavy (non-hydrogen) atoms. The molecular weight excluding hydrogens is 286 g/mol. The molecule has 3 nitrogen and oxygen atoms in total. The van der Waals surface area contributed by atoms with Gasteiger partial charge in [-0.25, -0.2) is 0 Å². The zero-order valence-corrected chi connectivity index (χ0v) is 14.3. The quantitative estimate of drug-likeness (QED) is 0.683. The second-order valence-electron chi connectivity index (χ2n) is 7.40. The number of hydrogen-bond donors (Lipinski definition) is 3. The van der Waals surface area contributed by atoms with E-state index in [0.717, 1.165) is 18.5 Å². The minimum absolute atomic E-state index is 0.240. The van der Waals surface area contributed by atoms with Crippen LogP contribution in [-0.2, 0) is 0 Å². The molecule has 2 aliphatic carbocycles. The molecule has 3 heteroatoms. The molecule has 3 aliphatic rings. The van der Waals surface area contributed by atoms with Crippen molar-refractivity contribution in [1.82, 2.24) is 5.32 Å². The van der Waals surface area contributed by atoms with E-state index in [0.29, 0.717) is 23.4 Å². The molecule has 0 aromatic rings. The lowest BCUT2D eigenvalue weighted by atomic mass is 9.82. The molecule has 2 atom stereocenters. The lowest BCUT2D eigenvalue weighted by molar-refractivity contribution is 0.335. The van der Waals surface area contributed by atoms with E-state index < -0.39 is 0 Å². The monoisotopic (exact) mass is 315 g/mol. The summed E-state index contributed by atoms with van der Waals surface area (Å²) >= 11 is 0. The van der Waals surface area contributed by atoms with Gasteiger partial charge in [-0.1, -0.05) is 37.8 Å². The SMILES string of the molecule is CC1=C(CC2C=CC(O)=C(C3CCCCC3)N2)C(C)CC(O)=C1. The van der Waals surface area contributed by atoms with Crippen LogP contribution in [0.2, 0.25) is 0 Å². The van der Waals surface area contributed by atoms with E-state index >= 15 is 0 Å². The maximum absolute atomic E-state index is 10.3. The van der Waals surface area contributed by atoms with Crippen molar-refractivity contribution in [2.24, 2.45) is 11.8 Å². The third kappa shape index (κ3) is 3.65. The molecule has 1 aliphatic heterocycles. The van der Waals surface area contributed by atoms with Gasteiger partial charge in [0, 0.05) is 18.4 Å². The molecule has 3 rings (SSSR count). The number of rotatable bonds is 3. The summed E-state index contributed by atoms with van der Waals surface area (Å²) in [5.41, 5.74) is 3.65. The topological polar surface area (TPSA) is 52.5 Å². The Kier molecular flexibility index (Phi) is 4.84. The largest absolute Gasteiger partial charge is 0.512 e. The van der Waals surface area contributed by atoms with Crippen LogP contribution in [0.5, 0.6) is 0 Å². The number of nitrogens with one attached hydrogen (secondary N) is 1. The molecule has 0 amide bonds. The molecule has 0 bridgehead atoms. The van der Waals surface area contributed by atoms with Crippen LogP contribution >= 0.6 is 0 Å². The standard InChI is InChI=1S/C20H29NO2/c1-13-10-17(22)11-14(2)18(13)12-16-8-9-19(23)20(21-16)15-6-4-3-5-7-15/h8-10,14-16,21-23H,3-7,11-12H2,1-2H3. The Morgan fingerprint density at radius 2 is 1.91 bits per heavy atom. The first-order valence-electron chi connectivity index (χ1n) is 9.01. The fourth-order valence-corrected chi connectivity index (χ4v) is 4.28. The highest BCUT2D eigenvalue weighted by Gasteiger charge is 2.27. The van der Waals surface area contributed by atoms with Crippen molar-refractivity contribution in [1.29, 1.82) is 0 Å². The third-order valence-electron chi connectivity index (χ3n) is 5.56. The van der Waals surface area contributed by atoms with E-state index in [4.69, 9.17) is 0 Å². The van der Waals surface area contributed by atoms with Crippen LogP contribution in [0.25, 0.3) is 0 Å². The summed E-state index contributed by atoms with van der Waals surface area (Å²) in [6, 6.07) is 0.240. The van der Waals surface area contributed by atoms with Crippen LogP contribution in [0.4, 0.5) is 0 Å². The van der Waals surface area contributed by atoms with Crippen LogP contribution in [-0.4, -0.2) is 16.3 Å². The molecular formula is C20H29NO2. The zero-order chi connectivity index (χ0) is 16.4. The molecule has 0 aromatic carbocycles. The van der Waals surface area contributed by atoms with E-state index in [1.165, 1.54) is 43.3 Å². The van der Waals surface area contributed by atoms with Gasteiger partial charge in [0.15, 0.2) is 0 Å². The van der Waals surface area contributed by atoms with Crippen LogP contribution in [0.3, 0.4) is 0 Å². The molecule has 0 radical (unpaired) electrons. The van der Waals surface area contributed by atoms with Gasteiger partial charge >= 0.3 is 0 Å². The highest BCUT2D eigenvalue weighted by Crippen LogP contribution is 2.34. The van der Waals surface area contributed by atoms with E-state index in [1.54, 1.807) is 0 Å². The minimum Gasteiger partial charge on any atom is -0.512 e. The summed E-state index contributed by atoms with van der Waals surface area (Å²) in [6.45, 7) is 4.27. The van der Waals surface area contributed by atoms with E-state index in [-0.39, 0.29) is 6.04 Å². The maximum Gasteiger partial charge on any atom is 0.134 e. The number of hydrogen-bond acceptors (Lipinski definition) is 3. The van der Waals surface area contributed by atoms with E-state index in [2.05, 4.69) is 25.2 Å². The van der Waals surface area contributed by atoms with Crippen LogP contribution < -0.4 is 5.32 Å². The summed E-state index contributed by atoms with van der Waals surface area (Å²) < 4.78 is 0. The molecule has 126 valence electrons. The van der Waals surface area contributed by atoms with Crippen molar-refractivity contribution < 1.29 is 10.2 Å². The number of aliphatic hydroxyl groups is 2. The van der Waals surface area contributed by atoms with E-state index in [9.17, 15) is 10.2 Å². The summed E-state index contributed by atoms with van der Waals surface area (Å²) in [4.78, 5) is 0. The van der Waals surface area contributed by atoms with Gasteiger partial charge in [0.25, 0.3) is 0 Å². The predicted octanol–water partition coefficient (Wildman–Crippen LogP) is 5.05. The molecule has 2 unspecified atom stereocenters.